The molecule has 7 N–H and O–H groups in total. The Morgan fingerprint density at radius 1 is 0.740 bits per heavy atom. The fourth-order valence-corrected chi connectivity index (χ4v) is 9.16. The van der Waals surface area contributed by atoms with E-state index in [0.717, 1.165) is 81.4 Å². The molecule has 1 aliphatic heterocycles. The molecule has 0 aromatic carbocycles. The number of phosphoric acid groups is 2. The smallest absolute Gasteiger partial charge is 0.462 e. The average molecular weight is 1070 g/mol. The normalized spacial score (nSPS) is 20.1. The first-order chi connectivity index (χ1) is 35.1. The number of anilines is 1. The Balaban J connectivity index is 1.84. The minimum atomic E-state index is -5.45. The molecule has 8 atom stereocenters. The molecule has 73 heavy (non-hydrogen) atoms. The Morgan fingerprint density at radius 3 is 1.97 bits per heavy atom. The molecule has 1 saturated heterocycles. The average Bonchev–Trinajstić information content (AvgIpc) is 3.62. The van der Waals surface area contributed by atoms with E-state index in [1.165, 1.54) is 25.3 Å². The summed E-state index contributed by atoms with van der Waals surface area (Å²) in [6.45, 7) is 1.82. The first-order valence-electron chi connectivity index (χ1n) is 25.7. The van der Waals surface area contributed by atoms with E-state index in [2.05, 4.69) is 40.5 Å². The maximum Gasteiger partial charge on any atom is 0.481 e. The molecule has 0 bridgehead atoms. The third kappa shape index (κ3) is 32.1. The van der Waals surface area contributed by atoms with Crippen molar-refractivity contribution in [2.75, 3.05) is 25.6 Å². The standard InChI is InChI=1S/C52H83N3O16P2/c1-3-5-7-8-9-10-11-12-13-14-15-16-20-23-26-29-32-36-47(57)66-40-44(69-48(58)37-33-30-27-24-21-18-17-19-22-25-28-31-35-43(56)34-6-4-2)41-67-72(62,63)71-73(64,65)68-42-45-49(59)50(60)51(70-45)55-39-38-46(53)54-52(55)61/h6,9-10,12-13,17-18,22,24-25,27-28,31,34,38-39,43-45,49-51,56,59-60H,3-5,7-8,11,14-16,19-21,23,26,29-30,32-33,35-37,40-42H2,1-2H3,(H,62,63)(H,64,65)(H2,53,54,61)/b10-9-,13-12-,18-17-,25-22-,27-24-,31-28+,34-6-/t43?,44-,45-,49-,50-,51-/m1/s1. The second kappa shape index (κ2) is 39.3. The largest absolute Gasteiger partial charge is 0.481 e. The van der Waals surface area contributed by atoms with Gasteiger partial charge in [0.15, 0.2) is 12.3 Å². The molecular weight excluding hydrogens is 985 g/mol. The Bertz CT molecular complexity index is 2070. The Hall–Kier alpha value is -4.10. The number of phosphoric ester groups is 2. The van der Waals surface area contributed by atoms with Gasteiger partial charge in [-0.2, -0.15) is 9.29 Å². The predicted molar refractivity (Wildman–Crippen MR) is 281 cm³/mol. The number of hydrogen-bond acceptors (Lipinski definition) is 16. The van der Waals surface area contributed by atoms with Gasteiger partial charge < -0.3 is 45.1 Å². The van der Waals surface area contributed by atoms with Crippen molar-refractivity contribution >= 4 is 33.4 Å². The topological polar surface area (TPSA) is 286 Å². The van der Waals surface area contributed by atoms with Crippen molar-refractivity contribution in [1.29, 1.82) is 0 Å². The summed E-state index contributed by atoms with van der Waals surface area (Å²) in [5.41, 5.74) is 4.58. The van der Waals surface area contributed by atoms with Gasteiger partial charge in [-0.05, 0) is 83.1 Å². The van der Waals surface area contributed by atoms with Crippen molar-refractivity contribution in [2.24, 2.45) is 0 Å². The van der Waals surface area contributed by atoms with Crippen LogP contribution in [0.5, 0.6) is 0 Å². The minimum absolute atomic E-state index is 0.0521. The van der Waals surface area contributed by atoms with Gasteiger partial charge in [0.25, 0.3) is 0 Å². The molecule has 0 amide bonds. The number of ether oxygens (including phenoxy) is 3. The lowest BCUT2D eigenvalue weighted by Crippen LogP contribution is -2.36. The van der Waals surface area contributed by atoms with Crippen LogP contribution in [0.1, 0.15) is 155 Å². The highest BCUT2D eigenvalue weighted by Gasteiger charge is 2.46. The van der Waals surface area contributed by atoms with Crippen LogP contribution in [-0.2, 0) is 46.3 Å². The number of nitrogen functional groups attached to an aromatic ring is 1. The molecule has 21 heteroatoms. The highest BCUT2D eigenvalue weighted by molar-refractivity contribution is 7.61. The van der Waals surface area contributed by atoms with Gasteiger partial charge in [0.1, 0.15) is 30.7 Å². The molecule has 1 aliphatic rings. The van der Waals surface area contributed by atoms with Crippen LogP contribution >= 0.6 is 15.6 Å². The highest BCUT2D eigenvalue weighted by Crippen LogP contribution is 2.60. The SMILES string of the molecule is CC/C=C\C(O)C/C=C/C=C\C/C=C\C/C=C\CCCC(=O)O[C@H](COC(=O)CCCCCCCCC/C=C\C/C=C\CCCCC)COP(=O)(O)OP(=O)(O)OC[C@H]1O[C@@H](n2ccc(N)nc2=O)[C@H](O)[C@@H]1O. The van der Waals surface area contributed by atoms with Crippen molar-refractivity contribution in [3.8, 4) is 0 Å². The number of unbranched alkanes of at least 4 members (excludes halogenated alkanes) is 11. The number of carbonyl (C=O) groups excluding carboxylic acids is 2. The van der Waals surface area contributed by atoms with E-state index < -0.39 is 89.8 Å². The lowest BCUT2D eigenvalue weighted by Gasteiger charge is -2.21. The number of nitrogens with two attached hydrogens (primary N) is 1. The van der Waals surface area contributed by atoms with Gasteiger partial charge in [0.05, 0.1) is 19.3 Å². The molecular formula is C52H83N3O16P2. The van der Waals surface area contributed by atoms with E-state index in [-0.39, 0.29) is 18.7 Å². The van der Waals surface area contributed by atoms with Gasteiger partial charge in [0.2, 0.25) is 0 Å². The van der Waals surface area contributed by atoms with E-state index in [4.69, 9.17) is 29.0 Å². The molecule has 0 radical (unpaired) electrons. The van der Waals surface area contributed by atoms with Crippen LogP contribution in [0.15, 0.2) is 102 Å². The number of hydrogen-bond donors (Lipinski definition) is 6. The van der Waals surface area contributed by atoms with Crippen LogP contribution < -0.4 is 11.4 Å². The number of nitrogens with zero attached hydrogens (tertiary/aromatic N) is 2. The Kier molecular flexibility index (Phi) is 35.0. The number of aromatic nitrogens is 2. The maximum absolute atomic E-state index is 12.9. The van der Waals surface area contributed by atoms with E-state index in [1.807, 2.05) is 61.6 Å². The van der Waals surface area contributed by atoms with Crippen LogP contribution in [0.25, 0.3) is 0 Å². The quantitative estimate of drug-likeness (QED) is 0.0117. The number of esters is 2. The zero-order valence-corrected chi connectivity index (χ0v) is 44.6. The summed E-state index contributed by atoms with van der Waals surface area (Å²) in [7, 11) is -10.9. The van der Waals surface area contributed by atoms with Crippen molar-refractivity contribution in [1.82, 2.24) is 9.55 Å². The summed E-state index contributed by atoms with van der Waals surface area (Å²) in [6.07, 6.45) is 38.6. The third-order valence-corrected chi connectivity index (χ3v) is 13.6. The van der Waals surface area contributed by atoms with Crippen molar-refractivity contribution in [3.63, 3.8) is 0 Å². The van der Waals surface area contributed by atoms with E-state index in [9.17, 15) is 48.6 Å². The summed E-state index contributed by atoms with van der Waals surface area (Å²) < 4.78 is 56.7. The number of rotatable bonds is 41. The summed E-state index contributed by atoms with van der Waals surface area (Å²) in [4.78, 5) is 61.9. The van der Waals surface area contributed by atoms with Gasteiger partial charge in [-0.3, -0.25) is 23.2 Å². The van der Waals surface area contributed by atoms with Crippen molar-refractivity contribution in [3.05, 3.63) is 108 Å². The summed E-state index contributed by atoms with van der Waals surface area (Å²) in [6, 6.07) is 1.24. The summed E-state index contributed by atoms with van der Waals surface area (Å²) in [5, 5.41) is 30.7. The number of carbonyl (C=O) groups is 2. The summed E-state index contributed by atoms with van der Waals surface area (Å²) in [5.74, 6) is -1.41. The van der Waals surface area contributed by atoms with Gasteiger partial charge in [0, 0.05) is 19.0 Å². The zero-order valence-electron chi connectivity index (χ0n) is 42.8. The van der Waals surface area contributed by atoms with Crippen molar-refractivity contribution < 1.29 is 71.4 Å². The molecule has 0 aliphatic carbocycles. The monoisotopic (exact) mass is 1070 g/mol. The molecule has 2 rings (SSSR count). The Labute approximate surface area is 431 Å². The molecule has 1 aromatic rings. The van der Waals surface area contributed by atoms with Gasteiger partial charge in [-0.1, -0.05) is 144 Å². The third-order valence-electron chi connectivity index (χ3n) is 11.0. The molecule has 1 fully saturated rings. The van der Waals surface area contributed by atoms with E-state index in [0.29, 0.717) is 32.1 Å². The lowest BCUT2D eigenvalue weighted by atomic mass is 10.1. The van der Waals surface area contributed by atoms with Crippen molar-refractivity contribution in [2.45, 2.75) is 185 Å². The lowest BCUT2D eigenvalue weighted by molar-refractivity contribution is -0.161. The van der Waals surface area contributed by atoms with Crippen LogP contribution in [0, 0.1) is 0 Å². The Morgan fingerprint density at radius 2 is 1.32 bits per heavy atom. The number of aliphatic hydroxyl groups excluding tert-OH is 3. The molecule has 2 heterocycles. The van der Waals surface area contributed by atoms with Gasteiger partial charge in [-0.25, -0.2) is 13.9 Å². The predicted octanol–water partition coefficient (Wildman–Crippen LogP) is 9.64. The zero-order chi connectivity index (χ0) is 53.6. The molecule has 412 valence electrons. The summed E-state index contributed by atoms with van der Waals surface area (Å²) >= 11 is 0. The van der Waals surface area contributed by atoms with Crippen LogP contribution in [-0.4, -0.2) is 96.9 Å². The highest BCUT2D eigenvalue weighted by atomic mass is 31.3. The number of allylic oxidation sites excluding steroid dienone is 12. The first-order valence-corrected chi connectivity index (χ1v) is 28.7. The fourth-order valence-electron chi connectivity index (χ4n) is 7.05. The second-order valence-electron chi connectivity index (χ2n) is 17.5. The molecule has 19 nitrogen and oxygen atoms in total. The second-order valence-corrected chi connectivity index (χ2v) is 20.5. The molecule has 1 aromatic heterocycles. The van der Waals surface area contributed by atoms with E-state index >= 15 is 0 Å². The minimum Gasteiger partial charge on any atom is -0.462 e. The molecule has 3 unspecified atom stereocenters. The van der Waals surface area contributed by atoms with Gasteiger partial charge >= 0.3 is 33.3 Å². The van der Waals surface area contributed by atoms with E-state index in [1.54, 1.807) is 6.08 Å². The van der Waals surface area contributed by atoms with Crippen LogP contribution in [0.4, 0.5) is 5.82 Å². The molecule has 0 saturated carbocycles. The van der Waals surface area contributed by atoms with Crippen LogP contribution in [0.3, 0.4) is 0 Å². The molecule has 0 spiro atoms. The van der Waals surface area contributed by atoms with Crippen LogP contribution in [0.2, 0.25) is 0 Å². The maximum atomic E-state index is 12.9. The number of aliphatic hydroxyl groups is 3. The fraction of sp³-hybridized carbons (Fsp3) is 0.615. The first kappa shape index (κ1) is 65.0. The van der Waals surface area contributed by atoms with Gasteiger partial charge in [-0.15, -0.1) is 0 Å².